The molecule has 1 heterocycles. The Hall–Kier alpha value is -2.17. The lowest BCUT2D eigenvalue weighted by atomic mass is 10.1. The van der Waals surface area contributed by atoms with Crippen molar-refractivity contribution < 1.29 is 32.6 Å². The number of hydrogen-bond donors (Lipinski definition) is 1. The smallest absolute Gasteiger partial charge is 0.323 e. The molecule has 9 nitrogen and oxygen atoms in total. The van der Waals surface area contributed by atoms with Crippen LogP contribution in [0.5, 0.6) is 5.75 Å². The summed E-state index contributed by atoms with van der Waals surface area (Å²) < 4.78 is 37.0. The van der Waals surface area contributed by atoms with E-state index >= 15 is 0 Å². The van der Waals surface area contributed by atoms with Crippen LogP contribution in [0.2, 0.25) is 0 Å². The third-order valence-corrected chi connectivity index (χ3v) is 5.62. The van der Waals surface area contributed by atoms with Gasteiger partial charge in [-0.3, -0.25) is 9.59 Å². The fraction of sp³-hybridized carbons (Fsp3) is 0.467. The van der Waals surface area contributed by atoms with E-state index in [0.717, 1.165) is 4.90 Å². The third kappa shape index (κ3) is 4.27. The number of carboxylic acid groups (broad SMARTS) is 1. The number of carbonyl (C=O) groups excluding carboxylic acids is 1. The molecule has 0 radical (unpaired) electrons. The van der Waals surface area contributed by atoms with Gasteiger partial charge in [0.15, 0.2) is 0 Å². The number of aliphatic carboxylic acids is 1. The summed E-state index contributed by atoms with van der Waals surface area (Å²) in [5.74, 6) is -1.65. The number of hydrogen-bond acceptors (Lipinski definition) is 6. The Morgan fingerprint density at radius 3 is 2.52 bits per heavy atom. The molecule has 0 aromatic heterocycles. The van der Waals surface area contributed by atoms with Gasteiger partial charge in [0.05, 0.1) is 30.8 Å². The van der Waals surface area contributed by atoms with Crippen molar-refractivity contribution in [2.75, 3.05) is 47.0 Å². The number of ether oxygens (including phenoxy) is 2. The van der Waals surface area contributed by atoms with Crippen LogP contribution >= 0.6 is 0 Å². The lowest BCUT2D eigenvalue weighted by molar-refractivity contribution is -0.137. The van der Waals surface area contributed by atoms with Crippen molar-refractivity contribution in [1.29, 1.82) is 0 Å². The van der Waals surface area contributed by atoms with E-state index in [1.165, 1.54) is 36.7 Å². The van der Waals surface area contributed by atoms with Gasteiger partial charge in [0.25, 0.3) is 5.91 Å². The van der Waals surface area contributed by atoms with Gasteiger partial charge in [-0.25, -0.2) is 8.42 Å². The lowest BCUT2D eigenvalue weighted by Gasteiger charge is -2.26. The third-order valence-electron chi connectivity index (χ3n) is 3.73. The lowest BCUT2D eigenvalue weighted by Crippen LogP contribution is -2.40. The molecule has 0 unspecified atom stereocenters. The van der Waals surface area contributed by atoms with E-state index in [9.17, 15) is 18.0 Å². The van der Waals surface area contributed by atoms with Crippen LogP contribution in [0, 0.1) is 0 Å². The molecule has 1 aliphatic rings. The van der Waals surface area contributed by atoms with Crippen LogP contribution in [0.3, 0.4) is 0 Å². The molecule has 1 N–H and O–H groups in total. The number of amides is 1. The number of morpholine rings is 1. The van der Waals surface area contributed by atoms with E-state index in [1.54, 1.807) is 0 Å². The fourth-order valence-corrected chi connectivity index (χ4v) is 3.87. The van der Waals surface area contributed by atoms with E-state index in [1.807, 2.05) is 0 Å². The Morgan fingerprint density at radius 2 is 1.96 bits per heavy atom. The van der Waals surface area contributed by atoms with Gasteiger partial charge in [-0.2, -0.15) is 4.31 Å². The molecular weight excluding hydrogens is 352 g/mol. The molecule has 138 valence electrons. The molecule has 10 heteroatoms. The Morgan fingerprint density at radius 1 is 1.32 bits per heavy atom. The highest BCUT2D eigenvalue weighted by Gasteiger charge is 2.28. The second kappa shape index (κ2) is 7.81. The summed E-state index contributed by atoms with van der Waals surface area (Å²) in [6.45, 7) is 0.570. The highest BCUT2D eigenvalue weighted by molar-refractivity contribution is 7.89. The van der Waals surface area contributed by atoms with Crippen LogP contribution in [0.25, 0.3) is 0 Å². The maximum absolute atomic E-state index is 12.7. The van der Waals surface area contributed by atoms with Crippen LogP contribution in [0.4, 0.5) is 0 Å². The summed E-state index contributed by atoms with van der Waals surface area (Å²) in [6.07, 6.45) is 0. The number of likely N-dealkylation sites (N-methyl/N-ethyl adjacent to an activating group) is 1. The summed E-state index contributed by atoms with van der Waals surface area (Å²) in [5.41, 5.74) is -0.0133. The van der Waals surface area contributed by atoms with Crippen LogP contribution < -0.4 is 4.74 Å². The van der Waals surface area contributed by atoms with E-state index in [4.69, 9.17) is 14.6 Å². The van der Waals surface area contributed by atoms with Crippen LogP contribution in [-0.4, -0.2) is 81.6 Å². The normalized spacial score (nSPS) is 15.6. The molecule has 1 aromatic rings. The highest BCUT2D eigenvalue weighted by Crippen LogP contribution is 2.26. The number of methoxy groups -OCH3 is 1. The summed E-state index contributed by atoms with van der Waals surface area (Å²) in [5, 5.41) is 8.82. The summed E-state index contributed by atoms with van der Waals surface area (Å²) in [6, 6.07) is 3.96. The standard InChI is InChI=1S/C15H20N2O7S/c1-16(10-14(18)19)15(20)12-9-11(3-4-13(12)23-2)25(21,22)17-5-7-24-8-6-17/h3-4,9H,5-8,10H2,1-2H3,(H,18,19). The number of nitrogens with zero attached hydrogens (tertiary/aromatic N) is 2. The molecule has 0 atom stereocenters. The van der Waals surface area contributed by atoms with Crippen LogP contribution in [0.1, 0.15) is 10.4 Å². The number of rotatable bonds is 6. The number of carboxylic acids is 1. The van der Waals surface area contributed by atoms with Crippen molar-refractivity contribution in [3.8, 4) is 5.75 Å². The second-order valence-corrected chi connectivity index (χ2v) is 7.37. The number of sulfonamides is 1. The second-order valence-electron chi connectivity index (χ2n) is 5.43. The molecule has 1 aliphatic heterocycles. The first-order valence-electron chi connectivity index (χ1n) is 7.50. The Balaban J connectivity index is 2.39. The van der Waals surface area contributed by atoms with Gasteiger partial charge in [-0.15, -0.1) is 0 Å². The minimum atomic E-state index is -3.78. The van der Waals surface area contributed by atoms with Gasteiger partial charge in [-0.1, -0.05) is 0 Å². The first-order valence-corrected chi connectivity index (χ1v) is 8.94. The first kappa shape index (κ1) is 19.2. The van der Waals surface area contributed by atoms with E-state index < -0.39 is 28.4 Å². The van der Waals surface area contributed by atoms with Gasteiger partial charge in [-0.05, 0) is 18.2 Å². The topological polar surface area (TPSA) is 113 Å². The zero-order chi connectivity index (χ0) is 18.6. The van der Waals surface area contributed by atoms with E-state index in [0.29, 0.717) is 13.2 Å². The maximum Gasteiger partial charge on any atom is 0.323 e. The van der Waals surface area contributed by atoms with Gasteiger partial charge in [0.1, 0.15) is 12.3 Å². The van der Waals surface area contributed by atoms with Gasteiger partial charge in [0, 0.05) is 20.1 Å². The Labute approximate surface area is 145 Å². The minimum absolute atomic E-state index is 0.0133. The van der Waals surface area contributed by atoms with Crippen molar-refractivity contribution in [3.05, 3.63) is 23.8 Å². The molecule has 0 saturated carbocycles. The number of benzene rings is 1. The van der Waals surface area contributed by atoms with Gasteiger partial charge < -0.3 is 19.5 Å². The SMILES string of the molecule is COc1ccc(S(=O)(=O)N2CCOCC2)cc1C(=O)N(C)CC(=O)O. The zero-order valence-electron chi connectivity index (χ0n) is 14.0. The minimum Gasteiger partial charge on any atom is -0.496 e. The molecule has 0 aliphatic carbocycles. The van der Waals surface area contributed by atoms with E-state index in [-0.39, 0.29) is 29.3 Å². The highest BCUT2D eigenvalue weighted by atomic mass is 32.2. The molecule has 1 fully saturated rings. The van der Waals surface area contributed by atoms with E-state index in [2.05, 4.69) is 0 Å². The molecule has 2 rings (SSSR count). The summed E-state index contributed by atoms with van der Waals surface area (Å²) in [4.78, 5) is 24.2. The van der Waals surface area contributed by atoms with Gasteiger partial charge >= 0.3 is 5.97 Å². The zero-order valence-corrected chi connectivity index (χ0v) is 14.8. The quantitative estimate of drug-likeness (QED) is 0.740. The van der Waals surface area contributed by atoms with Crippen molar-refractivity contribution in [3.63, 3.8) is 0 Å². The van der Waals surface area contributed by atoms with Crippen LogP contribution in [0.15, 0.2) is 23.1 Å². The Kier molecular flexibility index (Phi) is 5.98. The van der Waals surface area contributed by atoms with Crippen molar-refractivity contribution in [1.82, 2.24) is 9.21 Å². The average Bonchev–Trinajstić information content (AvgIpc) is 2.60. The first-order chi connectivity index (χ1) is 11.8. The molecule has 1 saturated heterocycles. The monoisotopic (exact) mass is 372 g/mol. The molecule has 0 bridgehead atoms. The number of carbonyl (C=O) groups is 2. The van der Waals surface area contributed by atoms with Crippen molar-refractivity contribution in [2.45, 2.75) is 4.90 Å². The van der Waals surface area contributed by atoms with Crippen molar-refractivity contribution in [2.24, 2.45) is 0 Å². The van der Waals surface area contributed by atoms with Gasteiger partial charge in [0.2, 0.25) is 10.0 Å². The predicted molar refractivity (Wildman–Crippen MR) is 87.2 cm³/mol. The van der Waals surface area contributed by atoms with Crippen LogP contribution in [-0.2, 0) is 19.6 Å². The maximum atomic E-state index is 12.7. The predicted octanol–water partition coefficient (Wildman–Crippen LogP) is -0.127. The average molecular weight is 372 g/mol. The molecule has 1 aromatic carbocycles. The van der Waals surface area contributed by atoms with Crippen molar-refractivity contribution >= 4 is 21.9 Å². The summed E-state index contributed by atoms with van der Waals surface area (Å²) in [7, 11) is -1.12. The largest absolute Gasteiger partial charge is 0.496 e. The fourth-order valence-electron chi connectivity index (χ4n) is 2.43. The molecule has 1 amide bonds. The summed E-state index contributed by atoms with van der Waals surface area (Å²) >= 11 is 0. The Bertz CT molecular complexity index is 757. The molecular formula is C15H20N2O7S. The molecule has 0 spiro atoms. The molecule has 25 heavy (non-hydrogen) atoms.